The summed E-state index contributed by atoms with van der Waals surface area (Å²) < 4.78 is 29.2. The molecular weight excluding hydrogens is 568 g/mol. The lowest BCUT2D eigenvalue weighted by molar-refractivity contribution is -0.119. The van der Waals surface area contributed by atoms with Gasteiger partial charge in [0, 0.05) is 43.7 Å². The van der Waals surface area contributed by atoms with E-state index in [4.69, 9.17) is 0 Å². The van der Waals surface area contributed by atoms with Gasteiger partial charge in [0.05, 0.1) is 27.8 Å². The van der Waals surface area contributed by atoms with Crippen LogP contribution in [0.5, 0.6) is 0 Å². The van der Waals surface area contributed by atoms with Crippen molar-refractivity contribution in [1.29, 1.82) is 0 Å². The van der Waals surface area contributed by atoms with Crippen molar-refractivity contribution in [2.75, 3.05) is 37.6 Å². The molecule has 3 aromatic rings. The smallest absolute Gasteiger partial charge is 0.254 e. The van der Waals surface area contributed by atoms with E-state index in [9.17, 15) is 18.0 Å². The van der Waals surface area contributed by atoms with Gasteiger partial charge in [-0.25, -0.2) is 8.42 Å². The Morgan fingerprint density at radius 2 is 1.61 bits per heavy atom. The first kappa shape index (κ1) is 26.8. The standard InChI is InChI=1S/C28H31BrN4O4S/c1-3-23-26-25(33(4-2)28(23)35)17-24(30-27(26)34)20-7-11-22(12-8-20)38(36,37)32-15-13-31(14-16-32)18-19-5-9-21(29)10-6-19/h5-12,17,23H,3-4,13-16,18H2,1-2H3,(H,30,34). The SMILES string of the molecule is CCC1C(=O)N(CC)c2cc(-c3ccc(S(=O)(=O)N4CCN(Cc5ccc(Br)cc5)CC4)cc3)[nH]c(=O)c21. The number of benzene rings is 2. The van der Waals surface area contributed by atoms with Crippen LogP contribution in [0, 0.1) is 0 Å². The van der Waals surface area contributed by atoms with Gasteiger partial charge in [-0.15, -0.1) is 0 Å². The summed E-state index contributed by atoms with van der Waals surface area (Å²) in [6.07, 6.45) is 0.565. The summed E-state index contributed by atoms with van der Waals surface area (Å²) in [6.45, 7) is 7.25. The molecule has 1 N–H and O–H groups in total. The van der Waals surface area contributed by atoms with Gasteiger partial charge in [-0.1, -0.05) is 47.1 Å². The number of hydrogen-bond donors (Lipinski definition) is 1. The molecule has 5 rings (SSSR count). The lowest BCUT2D eigenvalue weighted by atomic mass is 9.99. The van der Waals surface area contributed by atoms with Crippen molar-refractivity contribution in [3.8, 4) is 11.3 Å². The van der Waals surface area contributed by atoms with Gasteiger partial charge >= 0.3 is 0 Å². The molecule has 0 radical (unpaired) electrons. The van der Waals surface area contributed by atoms with Gasteiger partial charge in [0.1, 0.15) is 0 Å². The molecular formula is C28H31BrN4O4S. The number of carbonyl (C=O) groups excluding carboxylic acids is 1. The van der Waals surface area contributed by atoms with Crippen LogP contribution in [-0.2, 0) is 21.4 Å². The number of carbonyl (C=O) groups is 1. The summed E-state index contributed by atoms with van der Waals surface area (Å²) >= 11 is 3.45. The molecule has 200 valence electrons. The molecule has 0 bridgehead atoms. The normalized spacial score (nSPS) is 18.7. The second kappa shape index (κ2) is 10.8. The maximum Gasteiger partial charge on any atom is 0.254 e. The maximum atomic E-state index is 13.3. The van der Waals surface area contributed by atoms with Gasteiger partial charge in [0.2, 0.25) is 15.9 Å². The van der Waals surface area contributed by atoms with Gasteiger partial charge in [0.15, 0.2) is 0 Å². The lowest BCUT2D eigenvalue weighted by Gasteiger charge is -2.34. The van der Waals surface area contributed by atoms with Gasteiger partial charge < -0.3 is 9.88 Å². The van der Waals surface area contributed by atoms with Gasteiger partial charge in [-0.05, 0) is 54.8 Å². The molecule has 0 spiro atoms. The molecule has 2 aliphatic heterocycles. The van der Waals surface area contributed by atoms with E-state index in [0.717, 1.165) is 11.0 Å². The monoisotopic (exact) mass is 598 g/mol. The number of pyridine rings is 1. The molecule has 38 heavy (non-hydrogen) atoms. The van der Waals surface area contributed by atoms with Crippen LogP contribution in [0.4, 0.5) is 5.69 Å². The van der Waals surface area contributed by atoms with E-state index in [2.05, 4.69) is 37.9 Å². The van der Waals surface area contributed by atoms with E-state index in [-0.39, 0.29) is 16.4 Å². The first-order valence-electron chi connectivity index (χ1n) is 12.9. The molecule has 2 aromatic carbocycles. The highest BCUT2D eigenvalue weighted by atomic mass is 79.9. The molecule has 3 heterocycles. The molecule has 1 amide bonds. The summed E-state index contributed by atoms with van der Waals surface area (Å²) in [7, 11) is -3.64. The summed E-state index contributed by atoms with van der Waals surface area (Å²) in [5, 5.41) is 0. The van der Waals surface area contributed by atoms with Crippen molar-refractivity contribution in [1.82, 2.24) is 14.2 Å². The average Bonchev–Trinajstić information content (AvgIpc) is 3.21. The van der Waals surface area contributed by atoms with E-state index >= 15 is 0 Å². The quantitative estimate of drug-likeness (QED) is 0.440. The minimum atomic E-state index is -3.64. The molecule has 2 aliphatic rings. The van der Waals surface area contributed by atoms with Crippen molar-refractivity contribution in [3.63, 3.8) is 0 Å². The van der Waals surface area contributed by atoms with Gasteiger partial charge in [-0.3, -0.25) is 14.5 Å². The Morgan fingerprint density at radius 1 is 0.947 bits per heavy atom. The summed E-state index contributed by atoms with van der Waals surface area (Å²) in [5.41, 5.74) is 3.32. The second-order valence-corrected chi connectivity index (χ2v) is 12.5. The Bertz CT molecular complexity index is 1500. The number of fused-ring (bicyclic) bond motifs is 1. The number of anilines is 1. The zero-order chi connectivity index (χ0) is 27.0. The highest BCUT2D eigenvalue weighted by molar-refractivity contribution is 9.10. The van der Waals surface area contributed by atoms with Crippen molar-refractivity contribution in [2.24, 2.45) is 0 Å². The number of aromatic amines is 1. The molecule has 1 atom stereocenters. The summed E-state index contributed by atoms with van der Waals surface area (Å²) in [4.78, 5) is 32.7. The molecule has 0 saturated carbocycles. The molecule has 8 nitrogen and oxygen atoms in total. The largest absolute Gasteiger partial charge is 0.322 e. The maximum absolute atomic E-state index is 13.3. The number of hydrogen-bond acceptors (Lipinski definition) is 5. The van der Waals surface area contributed by atoms with Crippen LogP contribution in [0.2, 0.25) is 0 Å². The molecule has 0 aliphatic carbocycles. The van der Waals surface area contributed by atoms with E-state index in [1.165, 1.54) is 9.87 Å². The molecule has 1 aromatic heterocycles. The number of likely N-dealkylation sites (N-methyl/N-ethyl adjacent to an activating group) is 1. The number of rotatable bonds is 7. The van der Waals surface area contributed by atoms with Crippen molar-refractivity contribution in [2.45, 2.75) is 37.6 Å². The Kier molecular flexibility index (Phi) is 7.59. The number of nitrogens with zero attached hydrogens (tertiary/aromatic N) is 3. The Morgan fingerprint density at radius 3 is 2.21 bits per heavy atom. The highest BCUT2D eigenvalue weighted by Crippen LogP contribution is 2.38. The third kappa shape index (κ3) is 4.98. The van der Waals surface area contributed by atoms with Crippen molar-refractivity contribution < 1.29 is 13.2 Å². The number of nitrogens with one attached hydrogen (secondary N) is 1. The zero-order valence-electron chi connectivity index (χ0n) is 21.5. The minimum absolute atomic E-state index is 0.0500. The van der Waals surface area contributed by atoms with E-state index < -0.39 is 15.9 Å². The van der Waals surface area contributed by atoms with Crippen molar-refractivity contribution >= 4 is 37.5 Å². The molecule has 10 heteroatoms. The Hall–Kier alpha value is -2.79. The third-order valence-corrected chi connectivity index (χ3v) is 9.87. The average molecular weight is 600 g/mol. The third-order valence-electron chi connectivity index (χ3n) is 7.43. The van der Waals surface area contributed by atoms with Gasteiger partial charge in [-0.2, -0.15) is 4.31 Å². The number of aromatic nitrogens is 1. The van der Waals surface area contributed by atoms with Crippen LogP contribution in [0.25, 0.3) is 11.3 Å². The van der Waals surface area contributed by atoms with Crippen molar-refractivity contribution in [3.05, 3.63) is 80.6 Å². The minimum Gasteiger partial charge on any atom is -0.322 e. The molecule has 1 unspecified atom stereocenters. The first-order chi connectivity index (χ1) is 18.2. The Labute approximate surface area is 231 Å². The van der Waals surface area contributed by atoms with E-state index in [1.807, 2.05) is 32.0 Å². The van der Waals surface area contributed by atoms with E-state index in [1.54, 1.807) is 29.2 Å². The van der Waals surface area contributed by atoms with Crippen LogP contribution in [0.3, 0.4) is 0 Å². The van der Waals surface area contributed by atoms with Crippen LogP contribution in [0.15, 0.2) is 68.8 Å². The van der Waals surface area contributed by atoms with Gasteiger partial charge in [0.25, 0.3) is 5.56 Å². The topological polar surface area (TPSA) is 93.8 Å². The molecule has 1 fully saturated rings. The van der Waals surface area contributed by atoms with E-state index in [0.29, 0.717) is 61.7 Å². The fraction of sp³-hybridized carbons (Fsp3) is 0.357. The van der Waals surface area contributed by atoms with Crippen LogP contribution < -0.4 is 10.5 Å². The van der Waals surface area contributed by atoms with Crippen LogP contribution in [0.1, 0.15) is 37.3 Å². The second-order valence-electron chi connectivity index (χ2n) is 9.69. The highest BCUT2D eigenvalue weighted by Gasteiger charge is 2.38. The summed E-state index contributed by atoms with van der Waals surface area (Å²) in [6, 6.07) is 16.6. The fourth-order valence-electron chi connectivity index (χ4n) is 5.34. The molecule has 1 saturated heterocycles. The summed E-state index contributed by atoms with van der Waals surface area (Å²) in [5.74, 6) is -0.475. The first-order valence-corrected chi connectivity index (χ1v) is 15.1. The number of piperazine rings is 1. The van der Waals surface area contributed by atoms with Crippen LogP contribution >= 0.6 is 15.9 Å². The van der Waals surface area contributed by atoms with Crippen LogP contribution in [-0.4, -0.2) is 61.2 Å². The number of amides is 1. The predicted molar refractivity (Wildman–Crippen MR) is 152 cm³/mol. The number of H-pyrrole nitrogens is 1. The number of halogens is 1. The number of sulfonamides is 1. The zero-order valence-corrected chi connectivity index (χ0v) is 23.9. The predicted octanol–water partition coefficient (Wildman–Crippen LogP) is 4.17. The lowest BCUT2D eigenvalue weighted by Crippen LogP contribution is -2.48. The Balaban J connectivity index is 1.31. The fourth-order valence-corrected chi connectivity index (χ4v) is 7.03.